The molecule has 1 aromatic rings. The summed E-state index contributed by atoms with van der Waals surface area (Å²) in [5.74, 6) is -6.11. The molecule has 3 unspecified atom stereocenters. The van der Waals surface area contributed by atoms with Gasteiger partial charge in [-0.05, 0) is 18.6 Å². The second-order valence-corrected chi connectivity index (χ2v) is 5.72. The Bertz CT molecular complexity index is 678. The molecular formula is C18H20O6. The summed E-state index contributed by atoms with van der Waals surface area (Å²) >= 11 is 0. The Morgan fingerprint density at radius 2 is 1.88 bits per heavy atom. The third kappa shape index (κ3) is 3.22. The van der Waals surface area contributed by atoms with Gasteiger partial charge in [-0.25, -0.2) is 0 Å². The van der Waals surface area contributed by atoms with Gasteiger partial charge in [0.15, 0.2) is 17.3 Å². The number of ketones is 3. The second-order valence-electron chi connectivity index (χ2n) is 5.72. The van der Waals surface area contributed by atoms with E-state index in [1.165, 1.54) is 6.07 Å². The summed E-state index contributed by atoms with van der Waals surface area (Å²) in [6, 6.07) is 6.24. The summed E-state index contributed by atoms with van der Waals surface area (Å²) in [7, 11) is 0. The number of carbonyl (C=O) groups is 4. The number of para-hydroxylation sites is 1. The van der Waals surface area contributed by atoms with Gasteiger partial charge in [-0.3, -0.25) is 19.2 Å². The van der Waals surface area contributed by atoms with Gasteiger partial charge in [-0.2, -0.15) is 0 Å². The van der Waals surface area contributed by atoms with Crippen molar-refractivity contribution in [3.8, 4) is 5.75 Å². The first-order valence-electron chi connectivity index (χ1n) is 7.96. The molecule has 1 fully saturated rings. The number of carbonyl (C=O) groups excluding carboxylic acids is 4. The molecule has 128 valence electrons. The average molecular weight is 332 g/mol. The summed E-state index contributed by atoms with van der Waals surface area (Å²) < 4.78 is 4.98. The van der Waals surface area contributed by atoms with Crippen LogP contribution < -0.4 is 0 Å². The van der Waals surface area contributed by atoms with Crippen LogP contribution in [0.3, 0.4) is 0 Å². The van der Waals surface area contributed by atoms with Crippen LogP contribution in [0.15, 0.2) is 24.3 Å². The number of Topliss-reactive ketones (excluding diaryl/α,β-unsaturated/α-hetero) is 3. The molecule has 6 nitrogen and oxygen atoms in total. The number of esters is 1. The molecular weight excluding hydrogens is 312 g/mol. The quantitative estimate of drug-likeness (QED) is 0.652. The minimum Gasteiger partial charge on any atom is -0.508 e. The van der Waals surface area contributed by atoms with Crippen LogP contribution in [-0.2, 0) is 23.9 Å². The Morgan fingerprint density at radius 3 is 2.46 bits per heavy atom. The monoisotopic (exact) mass is 332 g/mol. The van der Waals surface area contributed by atoms with E-state index in [-0.39, 0.29) is 25.2 Å². The standard InChI is InChI=1S/C18H20O6/c1-3-12(19)16-14(21)9-11(10-7-5-6-8-13(10)20)15(17(16)22)18(23)24-4-2/h5-8,11,15-16,20H,3-4,9H2,1-2H3. The number of benzene rings is 1. The van der Waals surface area contributed by atoms with E-state index >= 15 is 0 Å². The highest BCUT2D eigenvalue weighted by Gasteiger charge is 2.50. The molecule has 2 rings (SSSR count). The van der Waals surface area contributed by atoms with Gasteiger partial charge < -0.3 is 9.84 Å². The molecule has 0 aromatic heterocycles. The van der Waals surface area contributed by atoms with E-state index in [4.69, 9.17) is 4.74 Å². The van der Waals surface area contributed by atoms with Crippen LogP contribution in [0.1, 0.15) is 38.2 Å². The SMILES string of the molecule is CCOC(=O)C1C(=O)C(C(=O)CC)C(=O)CC1c1ccccc1O. The summed E-state index contributed by atoms with van der Waals surface area (Å²) in [4.78, 5) is 49.4. The number of aromatic hydroxyl groups is 1. The fourth-order valence-corrected chi connectivity index (χ4v) is 3.13. The fourth-order valence-electron chi connectivity index (χ4n) is 3.13. The molecule has 24 heavy (non-hydrogen) atoms. The first-order chi connectivity index (χ1) is 11.4. The number of hydrogen-bond donors (Lipinski definition) is 1. The lowest BCUT2D eigenvalue weighted by Crippen LogP contribution is -2.47. The third-order valence-corrected chi connectivity index (χ3v) is 4.28. The molecule has 0 spiro atoms. The number of phenolic OH excluding ortho intramolecular Hbond substituents is 1. The highest BCUT2D eigenvalue weighted by Crippen LogP contribution is 2.41. The van der Waals surface area contributed by atoms with E-state index in [1.807, 2.05) is 0 Å². The lowest BCUT2D eigenvalue weighted by Gasteiger charge is -2.32. The molecule has 0 bridgehead atoms. The highest BCUT2D eigenvalue weighted by molar-refractivity contribution is 6.25. The molecule has 0 amide bonds. The Kier molecular flexibility index (Phi) is 5.49. The van der Waals surface area contributed by atoms with Crippen molar-refractivity contribution in [1.29, 1.82) is 0 Å². The van der Waals surface area contributed by atoms with Crippen LogP contribution in [0.4, 0.5) is 0 Å². The van der Waals surface area contributed by atoms with Gasteiger partial charge in [-0.15, -0.1) is 0 Å². The van der Waals surface area contributed by atoms with E-state index in [0.717, 1.165) is 0 Å². The van der Waals surface area contributed by atoms with Crippen molar-refractivity contribution in [2.75, 3.05) is 6.61 Å². The lowest BCUT2D eigenvalue weighted by molar-refractivity contribution is -0.157. The van der Waals surface area contributed by atoms with Crippen molar-refractivity contribution >= 4 is 23.3 Å². The van der Waals surface area contributed by atoms with E-state index in [2.05, 4.69) is 0 Å². The van der Waals surface area contributed by atoms with Crippen molar-refractivity contribution in [2.24, 2.45) is 11.8 Å². The summed E-state index contributed by atoms with van der Waals surface area (Å²) in [6.45, 7) is 3.26. The van der Waals surface area contributed by atoms with Crippen LogP contribution in [0.25, 0.3) is 0 Å². The van der Waals surface area contributed by atoms with Crippen molar-refractivity contribution in [2.45, 2.75) is 32.6 Å². The van der Waals surface area contributed by atoms with Gasteiger partial charge in [0.2, 0.25) is 0 Å². The first-order valence-corrected chi connectivity index (χ1v) is 7.96. The average Bonchev–Trinajstić information content (AvgIpc) is 2.54. The molecule has 1 aromatic carbocycles. The van der Waals surface area contributed by atoms with Gasteiger partial charge in [0.25, 0.3) is 0 Å². The zero-order valence-corrected chi connectivity index (χ0v) is 13.7. The molecule has 6 heteroatoms. The normalized spacial score (nSPS) is 23.8. The predicted octanol–water partition coefficient (Wildman–Crippen LogP) is 1.79. The minimum absolute atomic E-state index is 0.0406. The molecule has 1 aliphatic rings. The zero-order chi connectivity index (χ0) is 17.9. The lowest BCUT2D eigenvalue weighted by atomic mass is 9.68. The van der Waals surface area contributed by atoms with Crippen LogP contribution in [0, 0.1) is 11.8 Å². The fraction of sp³-hybridized carbons (Fsp3) is 0.444. The topological polar surface area (TPSA) is 97.7 Å². The zero-order valence-electron chi connectivity index (χ0n) is 13.7. The number of rotatable bonds is 5. The Hall–Kier alpha value is -2.50. The summed E-state index contributed by atoms with van der Waals surface area (Å²) in [5, 5.41) is 10.0. The van der Waals surface area contributed by atoms with Crippen LogP contribution in [-0.4, -0.2) is 35.0 Å². The Labute approximate surface area is 139 Å². The second kappa shape index (κ2) is 7.38. The summed E-state index contributed by atoms with van der Waals surface area (Å²) in [5.41, 5.74) is 0.333. The number of hydrogen-bond acceptors (Lipinski definition) is 6. The van der Waals surface area contributed by atoms with Gasteiger partial charge in [-0.1, -0.05) is 25.1 Å². The van der Waals surface area contributed by atoms with Crippen molar-refractivity contribution in [3.05, 3.63) is 29.8 Å². The smallest absolute Gasteiger partial charge is 0.317 e. The largest absolute Gasteiger partial charge is 0.508 e. The Morgan fingerprint density at radius 1 is 1.21 bits per heavy atom. The van der Waals surface area contributed by atoms with Gasteiger partial charge >= 0.3 is 5.97 Å². The Balaban J connectivity index is 2.48. The van der Waals surface area contributed by atoms with Gasteiger partial charge in [0.1, 0.15) is 17.6 Å². The highest BCUT2D eigenvalue weighted by atomic mass is 16.5. The molecule has 0 heterocycles. The first kappa shape index (κ1) is 17.8. The number of ether oxygens (including phenoxy) is 1. The maximum Gasteiger partial charge on any atom is 0.317 e. The van der Waals surface area contributed by atoms with Crippen LogP contribution >= 0.6 is 0 Å². The van der Waals surface area contributed by atoms with E-state index in [0.29, 0.717) is 5.56 Å². The van der Waals surface area contributed by atoms with Crippen LogP contribution in [0.5, 0.6) is 5.75 Å². The van der Waals surface area contributed by atoms with Crippen molar-refractivity contribution < 1.29 is 29.0 Å². The molecule has 1 saturated carbocycles. The molecule has 1 aliphatic carbocycles. The van der Waals surface area contributed by atoms with Gasteiger partial charge in [0, 0.05) is 18.8 Å². The molecule has 1 N–H and O–H groups in total. The van der Waals surface area contributed by atoms with Crippen molar-refractivity contribution in [3.63, 3.8) is 0 Å². The molecule has 3 atom stereocenters. The van der Waals surface area contributed by atoms with E-state index in [1.54, 1.807) is 32.0 Å². The maximum atomic E-state index is 12.7. The molecule has 0 radical (unpaired) electrons. The van der Waals surface area contributed by atoms with Crippen molar-refractivity contribution in [1.82, 2.24) is 0 Å². The van der Waals surface area contributed by atoms with E-state index in [9.17, 15) is 24.3 Å². The molecule has 0 saturated heterocycles. The summed E-state index contributed by atoms with van der Waals surface area (Å²) in [6.07, 6.45) is -0.123. The minimum atomic E-state index is -1.41. The maximum absolute atomic E-state index is 12.7. The predicted molar refractivity (Wildman–Crippen MR) is 84.4 cm³/mol. The third-order valence-electron chi connectivity index (χ3n) is 4.28. The number of phenols is 1. The van der Waals surface area contributed by atoms with E-state index < -0.39 is 41.1 Å². The van der Waals surface area contributed by atoms with Gasteiger partial charge in [0.05, 0.1) is 6.61 Å². The van der Waals surface area contributed by atoms with Crippen LogP contribution in [0.2, 0.25) is 0 Å². The molecule has 0 aliphatic heterocycles.